The zero-order valence-corrected chi connectivity index (χ0v) is 39.3. The van der Waals surface area contributed by atoms with Crippen LogP contribution in [0.1, 0.15) is 13.8 Å². The predicted molar refractivity (Wildman–Crippen MR) is 271 cm³/mol. The van der Waals surface area contributed by atoms with Crippen LogP contribution in [0.15, 0.2) is 236 Å². The number of allylic oxidation sites excluding steroid dienone is 2. The molecule has 1 radical (unpaired) electrons. The number of para-hydroxylation sites is 2. The van der Waals surface area contributed by atoms with Gasteiger partial charge in [-0.15, -0.1) is 35.9 Å². The molecule has 11 aromatic rings. The number of aliphatic hydroxyl groups is 1. The number of aromatic nitrogens is 4. The van der Waals surface area contributed by atoms with Crippen LogP contribution in [-0.2, 0) is 24.9 Å². The number of carbonyl (C=O) groups is 1. The van der Waals surface area contributed by atoms with E-state index < -0.39 is 0 Å². The van der Waals surface area contributed by atoms with Crippen molar-refractivity contribution in [1.82, 2.24) is 19.5 Å². The Morgan fingerprint density at radius 3 is 1.67 bits per heavy atom. The minimum absolute atomic E-state index is 0. The van der Waals surface area contributed by atoms with Crippen LogP contribution in [-0.4, -0.2) is 30.4 Å². The van der Waals surface area contributed by atoms with Gasteiger partial charge in [0, 0.05) is 65.5 Å². The van der Waals surface area contributed by atoms with Crippen LogP contribution >= 0.6 is 0 Å². The first-order chi connectivity index (χ1) is 32.4. The van der Waals surface area contributed by atoms with Crippen molar-refractivity contribution >= 4 is 38.4 Å². The molecule has 11 rings (SSSR count). The fourth-order valence-corrected chi connectivity index (χ4v) is 8.01. The molecule has 0 spiro atoms. The van der Waals surface area contributed by atoms with Gasteiger partial charge in [-0.2, -0.15) is 0 Å². The van der Waals surface area contributed by atoms with Crippen molar-refractivity contribution in [2.45, 2.75) is 13.8 Å². The molecule has 1 N–H and O–H groups in total. The summed E-state index contributed by atoms with van der Waals surface area (Å²) in [4.78, 5) is 24.4. The Bertz CT molecular complexity index is 3350. The summed E-state index contributed by atoms with van der Waals surface area (Å²) in [7, 11) is 0. The molecule has 3 heterocycles. The van der Waals surface area contributed by atoms with Gasteiger partial charge in [-0.25, -0.2) is 9.97 Å². The summed E-state index contributed by atoms with van der Waals surface area (Å²) in [5.41, 5.74) is 12.8. The van der Waals surface area contributed by atoms with E-state index in [0.717, 1.165) is 62.0 Å². The van der Waals surface area contributed by atoms with E-state index >= 15 is 0 Å². The number of pyridine rings is 1. The van der Waals surface area contributed by atoms with E-state index in [4.69, 9.17) is 15.1 Å². The van der Waals surface area contributed by atoms with Crippen LogP contribution in [0.5, 0.6) is 0 Å². The van der Waals surface area contributed by atoms with Crippen LogP contribution in [0.2, 0.25) is 0 Å². The van der Waals surface area contributed by atoms with Gasteiger partial charge in [-0.05, 0) is 77.8 Å². The second kappa shape index (κ2) is 21.3. The molecule has 327 valence electrons. The smallest absolute Gasteiger partial charge is 0.160 e. The Balaban J connectivity index is 0.000000209. The minimum Gasteiger partial charge on any atom is -0.512 e. The fourth-order valence-electron chi connectivity index (χ4n) is 8.01. The quantitative estimate of drug-likeness (QED) is 0.0977. The molecule has 3 aromatic heterocycles. The molecule has 6 nitrogen and oxygen atoms in total. The monoisotopic (exact) mass is 1050 g/mol. The van der Waals surface area contributed by atoms with Crippen molar-refractivity contribution in [1.29, 1.82) is 0 Å². The molecule has 0 saturated heterocycles. The van der Waals surface area contributed by atoms with Gasteiger partial charge in [0.15, 0.2) is 11.6 Å². The van der Waals surface area contributed by atoms with Crippen LogP contribution in [0, 0.1) is 6.07 Å². The predicted octanol–water partition coefficient (Wildman–Crippen LogP) is 15.0. The number of aliphatic hydroxyl groups excluding tert-OH is 1. The number of hydrogen-bond donors (Lipinski definition) is 1. The van der Waals surface area contributed by atoms with Gasteiger partial charge < -0.3 is 14.7 Å². The van der Waals surface area contributed by atoms with E-state index in [9.17, 15) is 4.79 Å². The topological polar surface area (TPSA) is 80.9 Å². The molecule has 0 atom stereocenters. The van der Waals surface area contributed by atoms with Crippen LogP contribution in [0.3, 0.4) is 0 Å². The van der Waals surface area contributed by atoms with E-state index in [2.05, 4.69) is 161 Å². The Kier molecular flexibility index (Phi) is 14.4. The Morgan fingerprint density at radius 1 is 0.507 bits per heavy atom. The number of ketones is 1. The minimum atomic E-state index is -0.125. The van der Waals surface area contributed by atoms with Crippen molar-refractivity contribution in [3.05, 3.63) is 242 Å². The van der Waals surface area contributed by atoms with Gasteiger partial charge in [0.25, 0.3) is 0 Å². The molecule has 67 heavy (non-hydrogen) atoms. The summed E-state index contributed by atoms with van der Waals surface area (Å²) < 4.78 is 2.35. The molecule has 0 bridgehead atoms. The molecule has 0 aliphatic heterocycles. The fraction of sp³-hybridized carbons (Fsp3) is 0.0333. The van der Waals surface area contributed by atoms with Gasteiger partial charge in [-0.1, -0.05) is 158 Å². The summed E-state index contributed by atoms with van der Waals surface area (Å²) >= 11 is 0. The third-order valence-corrected chi connectivity index (χ3v) is 11.1. The van der Waals surface area contributed by atoms with Crippen molar-refractivity contribution < 1.29 is 30.0 Å². The number of rotatable bonds is 7. The zero-order valence-electron chi connectivity index (χ0n) is 36.9. The molecular weight excluding hydrogens is 1000 g/mol. The molecule has 0 fully saturated rings. The Morgan fingerprint density at radius 2 is 1.06 bits per heavy atom. The van der Waals surface area contributed by atoms with Crippen molar-refractivity contribution in [3.8, 4) is 62.0 Å². The molecule has 7 heteroatoms. The molecule has 0 aliphatic rings. The summed E-state index contributed by atoms with van der Waals surface area (Å²) in [5.74, 6) is 0.658. The molecule has 8 aromatic carbocycles. The third kappa shape index (κ3) is 10.7. The second-order valence-corrected chi connectivity index (χ2v) is 15.8. The van der Waals surface area contributed by atoms with E-state index in [1.807, 2.05) is 79.0 Å². The van der Waals surface area contributed by atoms with E-state index in [1.54, 1.807) is 0 Å². The van der Waals surface area contributed by atoms with Crippen LogP contribution < -0.4 is 0 Å². The number of carbonyl (C=O) groups excluding carboxylic acids is 1. The third-order valence-electron chi connectivity index (χ3n) is 11.1. The van der Waals surface area contributed by atoms with E-state index in [0.29, 0.717) is 0 Å². The molecule has 0 unspecified atom stereocenters. The first-order valence-electron chi connectivity index (χ1n) is 21.8. The largest absolute Gasteiger partial charge is 0.512 e. The number of benzene rings is 8. The Hall–Kier alpha value is -8.09. The summed E-state index contributed by atoms with van der Waals surface area (Å²) in [6.07, 6.45) is 3.07. The number of nitrogens with zero attached hydrogens (tertiary/aromatic N) is 4. The summed E-state index contributed by atoms with van der Waals surface area (Å²) in [5, 5.41) is 13.3. The average Bonchev–Trinajstić information content (AvgIpc) is 3.71. The van der Waals surface area contributed by atoms with Gasteiger partial charge in [0.2, 0.25) is 0 Å². The van der Waals surface area contributed by atoms with Gasteiger partial charge in [0.1, 0.15) is 0 Å². The maximum Gasteiger partial charge on any atom is 0.160 e. The van der Waals surface area contributed by atoms with Crippen molar-refractivity contribution in [3.63, 3.8) is 0 Å². The van der Waals surface area contributed by atoms with E-state index in [-0.39, 0.29) is 31.6 Å². The van der Waals surface area contributed by atoms with Crippen molar-refractivity contribution in [2.24, 2.45) is 0 Å². The normalized spacial score (nSPS) is 10.9. The zero-order chi connectivity index (χ0) is 45.2. The Labute approximate surface area is 404 Å². The average molecular weight is 1050 g/mol. The SMILES string of the molecule is CC(=O)C=C(C)O.[Ir].[c-]1ccccc1-c1cc2ccccc2cn1.c1ccc(-c2cc(-c3cccc(-c4ccc(-n5c6ccccc6c6ccccc65)cc4)c3)nc(-c3ccccc3)n2)cc1. The number of hydrogen-bond acceptors (Lipinski definition) is 5. The van der Waals surface area contributed by atoms with Gasteiger partial charge >= 0.3 is 0 Å². The maximum atomic E-state index is 10.0. The van der Waals surface area contributed by atoms with E-state index in [1.165, 1.54) is 52.5 Å². The molecule has 0 saturated carbocycles. The molecular formula is C60H45IrN4O2-. The molecule has 0 aliphatic carbocycles. The summed E-state index contributed by atoms with van der Waals surface area (Å²) in [6, 6.07) is 78.7. The van der Waals surface area contributed by atoms with Gasteiger partial charge in [-0.3, -0.25) is 4.79 Å². The maximum absolute atomic E-state index is 10.0. The summed E-state index contributed by atoms with van der Waals surface area (Å²) in [6.45, 7) is 2.85. The second-order valence-electron chi connectivity index (χ2n) is 15.8. The van der Waals surface area contributed by atoms with Crippen LogP contribution in [0.4, 0.5) is 0 Å². The first-order valence-corrected chi connectivity index (χ1v) is 21.8. The van der Waals surface area contributed by atoms with Crippen molar-refractivity contribution in [2.75, 3.05) is 0 Å². The first kappa shape index (κ1) is 45.5. The molecule has 0 amide bonds. The van der Waals surface area contributed by atoms with Gasteiger partial charge in [0.05, 0.1) is 28.2 Å². The van der Waals surface area contributed by atoms with Crippen LogP contribution in [0.25, 0.3) is 94.6 Å². The standard InChI is InChI=1S/C40H27N3.C15H10N.C5H8O2.Ir/c1-3-12-29(13-4-1)36-27-37(42-40(41-36)30-14-5-2-6-15-30)32-17-11-16-31(26-32)28-22-24-33(25-23-28)43-38-20-9-7-18-34(38)35-19-8-10-21-39(35)43;1-2-6-12(7-3-1)15-10-13-8-4-5-9-14(13)11-16-15;1-4(6)3-5(2)7;/h1-27H;1-6,8-11H;3,6H,1-2H3;/q;-1;;. The number of fused-ring (bicyclic) bond motifs is 4.